The van der Waals surface area contributed by atoms with Gasteiger partial charge in [0, 0.05) is 19.8 Å². The van der Waals surface area contributed by atoms with Crippen LogP contribution in [0.25, 0.3) is 0 Å². The van der Waals surface area contributed by atoms with Gasteiger partial charge < -0.3 is 10.0 Å². The highest BCUT2D eigenvalue weighted by atomic mass is 16.4. The van der Waals surface area contributed by atoms with Gasteiger partial charge in [-0.1, -0.05) is 6.92 Å². The summed E-state index contributed by atoms with van der Waals surface area (Å²) in [7, 11) is 1.86. The molecule has 3 heteroatoms. The first kappa shape index (κ1) is 10.0. The second-order valence-corrected chi connectivity index (χ2v) is 2.39. The molecule has 0 rings (SSSR count). The zero-order valence-electron chi connectivity index (χ0n) is 7.29. The molecule has 1 N–H and O–H groups in total. The zero-order chi connectivity index (χ0) is 8.85. The molecule has 0 saturated heterocycles. The number of rotatable bonds is 4. The van der Waals surface area contributed by atoms with Crippen LogP contribution in [0.5, 0.6) is 0 Å². The molecule has 0 spiro atoms. The Labute approximate surface area is 67.3 Å². The van der Waals surface area contributed by atoms with E-state index in [4.69, 9.17) is 5.11 Å². The Bertz CT molecular complexity index is 163. The van der Waals surface area contributed by atoms with Crippen molar-refractivity contribution >= 4 is 5.97 Å². The summed E-state index contributed by atoms with van der Waals surface area (Å²) in [5.41, 5.74) is 0.453. The number of hydrogen-bond donors (Lipinski definition) is 1. The van der Waals surface area contributed by atoms with Gasteiger partial charge in [-0.2, -0.15) is 0 Å². The monoisotopic (exact) mass is 157 g/mol. The molecule has 0 aliphatic rings. The van der Waals surface area contributed by atoms with Crippen LogP contribution < -0.4 is 0 Å². The average Bonchev–Trinajstić information content (AvgIpc) is 1.99. The predicted molar refractivity (Wildman–Crippen MR) is 44.3 cm³/mol. The SMILES string of the molecule is CCC(=CN(C)CC)C(=O)O. The second kappa shape index (κ2) is 4.77. The molecule has 0 aromatic heterocycles. The average molecular weight is 157 g/mol. The molecule has 0 heterocycles. The number of carboxylic acid groups (broad SMARTS) is 1. The topological polar surface area (TPSA) is 40.5 Å². The van der Waals surface area contributed by atoms with Crippen molar-refractivity contribution in [2.45, 2.75) is 20.3 Å². The minimum Gasteiger partial charge on any atom is -0.478 e. The fourth-order valence-electron chi connectivity index (χ4n) is 0.655. The van der Waals surface area contributed by atoms with Crippen molar-refractivity contribution in [1.82, 2.24) is 4.90 Å². The Kier molecular flexibility index (Phi) is 4.34. The van der Waals surface area contributed by atoms with Crippen molar-refractivity contribution in [1.29, 1.82) is 0 Å². The lowest BCUT2D eigenvalue weighted by molar-refractivity contribution is -0.132. The van der Waals surface area contributed by atoms with E-state index in [2.05, 4.69) is 0 Å². The van der Waals surface area contributed by atoms with E-state index in [1.807, 2.05) is 25.8 Å². The lowest BCUT2D eigenvalue weighted by atomic mass is 10.2. The molecular formula is C8H15NO2. The number of hydrogen-bond acceptors (Lipinski definition) is 2. The van der Waals surface area contributed by atoms with Crippen molar-refractivity contribution in [3.8, 4) is 0 Å². The number of nitrogens with zero attached hydrogens (tertiary/aromatic N) is 1. The molecule has 0 amide bonds. The van der Waals surface area contributed by atoms with Crippen LogP contribution >= 0.6 is 0 Å². The molecule has 0 bridgehead atoms. The highest BCUT2D eigenvalue weighted by molar-refractivity contribution is 5.86. The molecule has 0 atom stereocenters. The van der Waals surface area contributed by atoms with E-state index in [9.17, 15) is 4.79 Å². The molecule has 11 heavy (non-hydrogen) atoms. The van der Waals surface area contributed by atoms with E-state index < -0.39 is 5.97 Å². The minimum absolute atomic E-state index is 0.453. The van der Waals surface area contributed by atoms with Crippen LogP contribution in [0.3, 0.4) is 0 Å². The maximum Gasteiger partial charge on any atom is 0.333 e. The first-order valence-corrected chi connectivity index (χ1v) is 3.76. The first-order chi connectivity index (χ1) is 5.11. The number of aliphatic carboxylic acids is 1. The van der Waals surface area contributed by atoms with Gasteiger partial charge in [-0.3, -0.25) is 0 Å². The van der Waals surface area contributed by atoms with Crippen LogP contribution in [0.2, 0.25) is 0 Å². The standard InChI is InChI=1S/C8H15NO2/c1-4-7(8(10)11)6-9(3)5-2/h6H,4-5H2,1-3H3,(H,10,11). The third kappa shape index (κ3) is 3.65. The zero-order valence-corrected chi connectivity index (χ0v) is 7.29. The van der Waals surface area contributed by atoms with E-state index in [0.29, 0.717) is 12.0 Å². The fourth-order valence-corrected chi connectivity index (χ4v) is 0.655. The molecule has 0 radical (unpaired) electrons. The predicted octanol–water partition coefficient (Wildman–Crippen LogP) is 1.32. The summed E-state index contributed by atoms with van der Waals surface area (Å²) in [5.74, 6) is -0.826. The second-order valence-electron chi connectivity index (χ2n) is 2.39. The van der Waals surface area contributed by atoms with Crippen LogP contribution in [-0.2, 0) is 4.79 Å². The van der Waals surface area contributed by atoms with E-state index >= 15 is 0 Å². The Balaban J connectivity index is 4.22. The van der Waals surface area contributed by atoms with Gasteiger partial charge in [-0.15, -0.1) is 0 Å². The van der Waals surface area contributed by atoms with Gasteiger partial charge in [0.05, 0.1) is 5.57 Å². The van der Waals surface area contributed by atoms with Crippen molar-refractivity contribution in [2.75, 3.05) is 13.6 Å². The van der Waals surface area contributed by atoms with Gasteiger partial charge in [0.2, 0.25) is 0 Å². The Morgan fingerprint density at radius 2 is 2.09 bits per heavy atom. The first-order valence-electron chi connectivity index (χ1n) is 3.76. The van der Waals surface area contributed by atoms with Crippen molar-refractivity contribution < 1.29 is 9.90 Å². The normalized spacial score (nSPS) is 11.4. The maximum absolute atomic E-state index is 10.5. The van der Waals surface area contributed by atoms with Gasteiger partial charge in [0.15, 0.2) is 0 Å². The number of carboxylic acids is 1. The van der Waals surface area contributed by atoms with Crippen LogP contribution in [0.4, 0.5) is 0 Å². The summed E-state index contributed by atoms with van der Waals surface area (Å²) in [5, 5.41) is 8.62. The van der Waals surface area contributed by atoms with Gasteiger partial charge in [0.1, 0.15) is 0 Å². The van der Waals surface area contributed by atoms with Crippen molar-refractivity contribution in [3.05, 3.63) is 11.8 Å². The summed E-state index contributed by atoms with van der Waals surface area (Å²) in [6, 6.07) is 0. The van der Waals surface area contributed by atoms with Crippen LogP contribution in [0.1, 0.15) is 20.3 Å². The maximum atomic E-state index is 10.5. The van der Waals surface area contributed by atoms with Crippen molar-refractivity contribution in [2.24, 2.45) is 0 Å². The largest absolute Gasteiger partial charge is 0.478 e. The van der Waals surface area contributed by atoms with Gasteiger partial charge in [-0.25, -0.2) is 4.79 Å². The summed E-state index contributed by atoms with van der Waals surface area (Å²) in [6.07, 6.45) is 2.24. The molecule has 0 aliphatic carbocycles. The Morgan fingerprint density at radius 1 is 1.55 bits per heavy atom. The van der Waals surface area contributed by atoms with Gasteiger partial charge in [-0.05, 0) is 13.3 Å². The molecule has 0 unspecified atom stereocenters. The minimum atomic E-state index is -0.826. The lowest BCUT2D eigenvalue weighted by Gasteiger charge is -2.11. The third-order valence-corrected chi connectivity index (χ3v) is 1.53. The van der Waals surface area contributed by atoms with E-state index in [0.717, 1.165) is 6.54 Å². The fraction of sp³-hybridized carbons (Fsp3) is 0.625. The van der Waals surface area contributed by atoms with E-state index in [-0.39, 0.29) is 0 Å². The molecule has 0 fully saturated rings. The summed E-state index contributed by atoms with van der Waals surface area (Å²) in [6.45, 7) is 4.64. The summed E-state index contributed by atoms with van der Waals surface area (Å²) >= 11 is 0. The lowest BCUT2D eigenvalue weighted by Crippen LogP contribution is -2.12. The quantitative estimate of drug-likeness (QED) is 0.625. The summed E-state index contributed by atoms with van der Waals surface area (Å²) in [4.78, 5) is 12.3. The van der Waals surface area contributed by atoms with Crippen molar-refractivity contribution in [3.63, 3.8) is 0 Å². The van der Waals surface area contributed by atoms with Gasteiger partial charge >= 0.3 is 5.97 Å². The highest BCUT2D eigenvalue weighted by Gasteiger charge is 2.03. The van der Waals surface area contributed by atoms with E-state index in [1.54, 1.807) is 6.20 Å². The van der Waals surface area contributed by atoms with Crippen LogP contribution in [-0.4, -0.2) is 29.6 Å². The number of carbonyl (C=O) groups is 1. The third-order valence-electron chi connectivity index (χ3n) is 1.53. The van der Waals surface area contributed by atoms with Crippen LogP contribution in [0.15, 0.2) is 11.8 Å². The Morgan fingerprint density at radius 3 is 2.36 bits per heavy atom. The summed E-state index contributed by atoms with van der Waals surface area (Å²) < 4.78 is 0. The highest BCUT2D eigenvalue weighted by Crippen LogP contribution is 2.01. The van der Waals surface area contributed by atoms with E-state index in [1.165, 1.54) is 0 Å². The molecule has 0 aromatic carbocycles. The molecule has 0 saturated carbocycles. The van der Waals surface area contributed by atoms with Crippen LogP contribution in [0, 0.1) is 0 Å². The molecule has 0 aromatic rings. The van der Waals surface area contributed by atoms with Gasteiger partial charge in [0.25, 0.3) is 0 Å². The smallest absolute Gasteiger partial charge is 0.333 e. The molecule has 3 nitrogen and oxygen atoms in total. The molecule has 0 aliphatic heterocycles. The Hall–Kier alpha value is -0.990. The molecule has 64 valence electrons. The molecular weight excluding hydrogens is 142 g/mol.